The van der Waals surface area contributed by atoms with Gasteiger partial charge in [-0.3, -0.25) is 4.98 Å². The zero-order valence-electron chi connectivity index (χ0n) is 14.6. The third-order valence-corrected chi connectivity index (χ3v) is 4.55. The number of pyridine rings is 1. The van der Waals surface area contributed by atoms with Crippen LogP contribution in [0.25, 0.3) is 0 Å². The summed E-state index contributed by atoms with van der Waals surface area (Å²) in [6.45, 7) is 4.53. The SMILES string of the molecule is c1ccc(N2CCN(c3cc(NCc4ccccn4)ncn3)CC2)cc1. The molecule has 6 heteroatoms. The van der Waals surface area contributed by atoms with Crippen LogP contribution in [0.3, 0.4) is 0 Å². The van der Waals surface area contributed by atoms with E-state index < -0.39 is 0 Å². The Kier molecular flexibility index (Phi) is 4.91. The minimum Gasteiger partial charge on any atom is -0.368 e. The van der Waals surface area contributed by atoms with Gasteiger partial charge in [-0.25, -0.2) is 9.97 Å². The lowest BCUT2D eigenvalue weighted by Gasteiger charge is -2.36. The van der Waals surface area contributed by atoms with Crippen molar-refractivity contribution < 1.29 is 0 Å². The molecule has 0 saturated carbocycles. The van der Waals surface area contributed by atoms with E-state index in [9.17, 15) is 0 Å². The molecule has 1 fully saturated rings. The standard InChI is InChI=1S/C20H22N6/c1-2-7-18(8-3-1)25-10-12-26(13-11-25)20-14-19(23-16-24-20)22-15-17-6-4-5-9-21-17/h1-9,14,16H,10-13,15H2,(H,22,23,24). The summed E-state index contributed by atoms with van der Waals surface area (Å²) >= 11 is 0. The van der Waals surface area contributed by atoms with Crippen LogP contribution in [0.1, 0.15) is 5.69 Å². The number of hydrogen-bond acceptors (Lipinski definition) is 6. The molecule has 0 radical (unpaired) electrons. The quantitative estimate of drug-likeness (QED) is 0.767. The first-order valence-corrected chi connectivity index (χ1v) is 8.89. The van der Waals surface area contributed by atoms with E-state index in [1.807, 2.05) is 24.3 Å². The topological polar surface area (TPSA) is 57.2 Å². The Hall–Kier alpha value is -3.15. The van der Waals surface area contributed by atoms with Crippen molar-refractivity contribution in [3.63, 3.8) is 0 Å². The van der Waals surface area contributed by atoms with Crippen molar-refractivity contribution in [3.05, 3.63) is 72.8 Å². The Bertz CT molecular complexity index is 816. The molecule has 0 bridgehead atoms. The summed E-state index contributed by atoms with van der Waals surface area (Å²) in [5.41, 5.74) is 2.27. The van der Waals surface area contributed by atoms with E-state index in [-0.39, 0.29) is 0 Å². The fourth-order valence-corrected chi connectivity index (χ4v) is 3.13. The van der Waals surface area contributed by atoms with Gasteiger partial charge in [0.05, 0.1) is 12.2 Å². The zero-order valence-corrected chi connectivity index (χ0v) is 14.6. The fourth-order valence-electron chi connectivity index (χ4n) is 3.13. The minimum absolute atomic E-state index is 0.652. The largest absolute Gasteiger partial charge is 0.368 e. The van der Waals surface area contributed by atoms with E-state index >= 15 is 0 Å². The van der Waals surface area contributed by atoms with Crippen LogP contribution in [0.2, 0.25) is 0 Å². The van der Waals surface area contributed by atoms with Crippen molar-refractivity contribution >= 4 is 17.3 Å². The third-order valence-electron chi connectivity index (χ3n) is 4.55. The van der Waals surface area contributed by atoms with Gasteiger partial charge in [-0.1, -0.05) is 24.3 Å². The number of nitrogens with zero attached hydrogens (tertiary/aromatic N) is 5. The van der Waals surface area contributed by atoms with Gasteiger partial charge in [0, 0.05) is 44.1 Å². The van der Waals surface area contributed by atoms with Gasteiger partial charge in [-0.15, -0.1) is 0 Å². The van der Waals surface area contributed by atoms with Gasteiger partial charge < -0.3 is 15.1 Å². The van der Waals surface area contributed by atoms with E-state index in [1.54, 1.807) is 12.5 Å². The lowest BCUT2D eigenvalue weighted by Crippen LogP contribution is -2.46. The Labute approximate surface area is 153 Å². The zero-order chi connectivity index (χ0) is 17.6. The lowest BCUT2D eigenvalue weighted by atomic mass is 10.2. The average molecular weight is 346 g/mol. The van der Waals surface area contributed by atoms with Crippen LogP contribution in [0, 0.1) is 0 Å². The number of para-hydroxylation sites is 1. The molecule has 0 aliphatic carbocycles. The normalized spacial score (nSPS) is 14.3. The fraction of sp³-hybridized carbons (Fsp3) is 0.250. The van der Waals surface area contributed by atoms with Crippen LogP contribution in [-0.4, -0.2) is 41.1 Å². The summed E-state index contributed by atoms with van der Waals surface area (Å²) in [6.07, 6.45) is 3.42. The summed E-state index contributed by atoms with van der Waals surface area (Å²) in [5, 5.41) is 3.32. The molecule has 132 valence electrons. The van der Waals surface area contributed by atoms with Crippen molar-refractivity contribution in [2.45, 2.75) is 6.54 Å². The summed E-state index contributed by atoms with van der Waals surface area (Å²) in [4.78, 5) is 17.8. The summed E-state index contributed by atoms with van der Waals surface area (Å²) in [6, 6.07) is 18.5. The van der Waals surface area contributed by atoms with Crippen molar-refractivity contribution in [2.24, 2.45) is 0 Å². The molecule has 26 heavy (non-hydrogen) atoms. The molecular weight excluding hydrogens is 324 g/mol. The number of benzene rings is 1. The highest BCUT2D eigenvalue weighted by molar-refractivity contribution is 5.52. The van der Waals surface area contributed by atoms with E-state index in [0.717, 1.165) is 43.5 Å². The third kappa shape index (κ3) is 3.91. The van der Waals surface area contributed by atoms with Crippen LogP contribution in [0.4, 0.5) is 17.3 Å². The van der Waals surface area contributed by atoms with Gasteiger partial charge in [0.25, 0.3) is 0 Å². The molecule has 1 saturated heterocycles. The molecule has 4 rings (SSSR count). The van der Waals surface area contributed by atoms with Crippen LogP contribution in [-0.2, 0) is 6.54 Å². The summed E-state index contributed by atoms with van der Waals surface area (Å²) in [7, 11) is 0. The lowest BCUT2D eigenvalue weighted by molar-refractivity contribution is 0.647. The van der Waals surface area contributed by atoms with E-state index in [4.69, 9.17) is 0 Å². The Balaban J connectivity index is 1.36. The highest BCUT2D eigenvalue weighted by atomic mass is 15.3. The molecule has 1 aliphatic rings. The number of anilines is 3. The molecule has 2 aromatic heterocycles. The summed E-state index contributed by atoms with van der Waals surface area (Å²) in [5.74, 6) is 1.79. The first kappa shape index (κ1) is 16.3. The number of nitrogens with one attached hydrogen (secondary N) is 1. The second kappa shape index (κ2) is 7.82. The van der Waals surface area contributed by atoms with Gasteiger partial charge in [0.2, 0.25) is 0 Å². The van der Waals surface area contributed by atoms with E-state index in [0.29, 0.717) is 6.54 Å². The minimum atomic E-state index is 0.652. The molecule has 1 N–H and O–H groups in total. The first-order valence-electron chi connectivity index (χ1n) is 8.89. The van der Waals surface area contributed by atoms with Crippen molar-refractivity contribution in [1.82, 2.24) is 15.0 Å². The van der Waals surface area contributed by atoms with Crippen molar-refractivity contribution in [1.29, 1.82) is 0 Å². The molecule has 0 amide bonds. The maximum absolute atomic E-state index is 4.46. The molecule has 1 aliphatic heterocycles. The predicted octanol–water partition coefficient (Wildman–Crippen LogP) is 2.81. The highest BCUT2D eigenvalue weighted by Gasteiger charge is 2.18. The average Bonchev–Trinajstić information content (AvgIpc) is 2.74. The van der Waals surface area contributed by atoms with Crippen molar-refractivity contribution in [2.75, 3.05) is 41.3 Å². The van der Waals surface area contributed by atoms with Crippen LogP contribution < -0.4 is 15.1 Å². The maximum Gasteiger partial charge on any atom is 0.134 e. The highest BCUT2D eigenvalue weighted by Crippen LogP contribution is 2.20. The van der Waals surface area contributed by atoms with Crippen molar-refractivity contribution in [3.8, 4) is 0 Å². The molecule has 1 aromatic carbocycles. The maximum atomic E-state index is 4.46. The molecule has 0 spiro atoms. The van der Waals surface area contributed by atoms with Crippen LogP contribution >= 0.6 is 0 Å². The Morgan fingerprint density at radius 3 is 2.35 bits per heavy atom. The molecule has 6 nitrogen and oxygen atoms in total. The Morgan fingerprint density at radius 2 is 1.58 bits per heavy atom. The number of piperazine rings is 1. The smallest absolute Gasteiger partial charge is 0.134 e. The second-order valence-corrected chi connectivity index (χ2v) is 6.25. The molecular formula is C20H22N6. The van der Waals surface area contributed by atoms with Gasteiger partial charge >= 0.3 is 0 Å². The van der Waals surface area contributed by atoms with Crippen LogP contribution in [0.15, 0.2) is 67.1 Å². The van der Waals surface area contributed by atoms with Gasteiger partial charge in [-0.05, 0) is 24.3 Å². The first-order chi connectivity index (χ1) is 12.9. The van der Waals surface area contributed by atoms with Crippen LogP contribution in [0.5, 0.6) is 0 Å². The van der Waals surface area contributed by atoms with Gasteiger partial charge in [0.15, 0.2) is 0 Å². The molecule has 0 unspecified atom stereocenters. The van der Waals surface area contributed by atoms with E-state index in [1.165, 1.54) is 5.69 Å². The van der Waals surface area contributed by atoms with Gasteiger partial charge in [-0.2, -0.15) is 0 Å². The molecule has 3 heterocycles. The number of aromatic nitrogens is 3. The monoisotopic (exact) mass is 346 g/mol. The summed E-state index contributed by atoms with van der Waals surface area (Å²) < 4.78 is 0. The van der Waals surface area contributed by atoms with E-state index in [2.05, 4.69) is 60.4 Å². The number of hydrogen-bond donors (Lipinski definition) is 1. The molecule has 0 atom stereocenters. The van der Waals surface area contributed by atoms with Gasteiger partial charge in [0.1, 0.15) is 18.0 Å². The predicted molar refractivity (Wildman–Crippen MR) is 104 cm³/mol. The number of rotatable bonds is 5. The molecule has 3 aromatic rings. The Morgan fingerprint density at radius 1 is 0.808 bits per heavy atom. The second-order valence-electron chi connectivity index (χ2n) is 6.25.